The number of anilines is 1. The highest BCUT2D eigenvalue weighted by Gasteiger charge is 2.24. The van der Waals surface area contributed by atoms with Crippen LogP contribution in [0.2, 0.25) is 0 Å². The largest absolute Gasteiger partial charge is 0.465 e. The molecule has 1 amide bonds. The monoisotopic (exact) mass is 572 g/mol. The second-order valence-electron chi connectivity index (χ2n) is 8.47. The molecule has 1 N–H and O–H groups in total. The number of imidazole rings is 1. The van der Waals surface area contributed by atoms with E-state index in [9.17, 15) is 23.6 Å². The SMILES string of the molecule is COC(=O)c1sc(NC(=O)CSc2nnc3n(Cc4ccc(F)cc4)c4c(=O)n(C)c(=O)n(C)c4n23)nc1C. The van der Waals surface area contributed by atoms with Gasteiger partial charge in [-0.1, -0.05) is 35.2 Å². The number of fused-ring (bicyclic) bond motifs is 3. The van der Waals surface area contributed by atoms with Crippen molar-refractivity contribution in [2.75, 3.05) is 18.2 Å². The van der Waals surface area contributed by atoms with Crippen LogP contribution in [0, 0.1) is 12.7 Å². The molecule has 0 saturated carbocycles. The molecule has 4 heterocycles. The molecule has 13 nitrogen and oxygen atoms in total. The Morgan fingerprint density at radius 1 is 1.13 bits per heavy atom. The van der Waals surface area contributed by atoms with Crippen molar-refractivity contribution in [3.63, 3.8) is 0 Å². The van der Waals surface area contributed by atoms with E-state index in [1.54, 1.807) is 28.0 Å². The summed E-state index contributed by atoms with van der Waals surface area (Å²) in [4.78, 5) is 54.9. The zero-order chi connectivity index (χ0) is 28.0. The van der Waals surface area contributed by atoms with Crippen molar-refractivity contribution < 1.29 is 18.7 Å². The number of rotatable bonds is 7. The fourth-order valence-corrected chi connectivity index (χ4v) is 5.69. The Hall–Kier alpha value is -4.31. The van der Waals surface area contributed by atoms with Crippen molar-refractivity contribution in [2.24, 2.45) is 14.1 Å². The number of nitrogens with zero attached hydrogens (tertiary/aromatic N) is 7. The van der Waals surface area contributed by atoms with Gasteiger partial charge in [-0.25, -0.2) is 23.4 Å². The minimum absolute atomic E-state index is 0.101. The maximum atomic E-state index is 13.5. The molecule has 5 aromatic rings. The van der Waals surface area contributed by atoms with Crippen LogP contribution in [0.3, 0.4) is 0 Å². The van der Waals surface area contributed by atoms with Gasteiger partial charge in [0.15, 0.2) is 21.5 Å². The van der Waals surface area contributed by atoms with Crippen molar-refractivity contribution in [3.8, 4) is 0 Å². The summed E-state index contributed by atoms with van der Waals surface area (Å²) >= 11 is 2.04. The number of aryl methyl sites for hydroxylation is 2. The molecule has 4 aromatic heterocycles. The van der Waals surface area contributed by atoms with Crippen LogP contribution in [0.4, 0.5) is 9.52 Å². The molecule has 202 valence electrons. The van der Waals surface area contributed by atoms with Crippen LogP contribution in [-0.4, -0.2) is 58.0 Å². The lowest BCUT2D eigenvalue weighted by Crippen LogP contribution is -2.37. The van der Waals surface area contributed by atoms with Gasteiger partial charge in [-0.3, -0.25) is 23.3 Å². The van der Waals surface area contributed by atoms with E-state index in [0.29, 0.717) is 11.3 Å². The lowest BCUT2D eigenvalue weighted by Gasteiger charge is -2.07. The third-order valence-electron chi connectivity index (χ3n) is 5.95. The standard InChI is InChI=1S/C23H21FN8O5S2/c1-11-16(19(35)37-4)39-20(25-11)26-14(33)10-38-22-28-27-21-31(9-12-5-7-13(24)8-6-12)15-17(32(21)22)29(2)23(36)30(3)18(15)34/h5-8H,9-10H2,1-4H3,(H,25,26,33). The van der Waals surface area contributed by atoms with E-state index in [1.165, 1.54) is 37.9 Å². The zero-order valence-electron chi connectivity index (χ0n) is 21.1. The first kappa shape index (κ1) is 26.3. The molecule has 1 aromatic carbocycles. The number of hydrogen-bond donors (Lipinski definition) is 1. The summed E-state index contributed by atoms with van der Waals surface area (Å²) in [6.07, 6.45) is 0. The van der Waals surface area contributed by atoms with Crippen molar-refractivity contribution in [2.45, 2.75) is 18.6 Å². The van der Waals surface area contributed by atoms with Crippen molar-refractivity contribution in [3.05, 3.63) is 67.1 Å². The molecular formula is C23H21FN8O5S2. The minimum atomic E-state index is -0.545. The average molecular weight is 573 g/mol. The number of hydrogen-bond acceptors (Lipinski definition) is 10. The second-order valence-corrected chi connectivity index (χ2v) is 10.4. The maximum Gasteiger partial charge on any atom is 0.350 e. The number of aromatic nitrogens is 7. The normalized spacial score (nSPS) is 11.4. The van der Waals surface area contributed by atoms with Gasteiger partial charge in [0.05, 0.1) is 25.1 Å². The molecule has 0 saturated heterocycles. The predicted octanol–water partition coefficient (Wildman–Crippen LogP) is 1.55. The van der Waals surface area contributed by atoms with Gasteiger partial charge in [0, 0.05) is 14.1 Å². The van der Waals surface area contributed by atoms with E-state index < -0.39 is 28.9 Å². The number of thiazole rings is 1. The van der Waals surface area contributed by atoms with Crippen LogP contribution in [0.15, 0.2) is 39.0 Å². The Bertz CT molecular complexity index is 1880. The maximum absolute atomic E-state index is 13.5. The number of benzene rings is 1. The van der Waals surface area contributed by atoms with Crippen LogP contribution >= 0.6 is 23.1 Å². The Morgan fingerprint density at radius 3 is 2.54 bits per heavy atom. The first-order valence-corrected chi connectivity index (χ1v) is 13.2. The number of esters is 1. The Labute approximate surface area is 226 Å². The summed E-state index contributed by atoms with van der Waals surface area (Å²) in [6, 6.07) is 5.81. The molecule has 0 aliphatic heterocycles. The van der Waals surface area contributed by atoms with Crippen LogP contribution < -0.4 is 16.6 Å². The van der Waals surface area contributed by atoms with Crippen LogP contribution in [0.5, 0.6) is 0 Å². The van der Waals surface area contributed by atoms with Crippen molar-refractivity contribution >= 4 is 57.0 Å². The van der Waals surface area contributed by atoms with E-state index in [-0.39, 0.29) is 44.4 Å². The average Bonchev–Trinajstić information content (AvgIpc) is 3.59. The third kappa shape index (κ3) is 4.61. The van der Waals surface area contributed by atoms with E-state index in [1.807, 2.05) is 0 Å². The number of nitrogens with one attached hydrogen (secondary N) is 1. The Balaban J connectivity index is 1.51. The molecular weight excluding hydrogens is 551 g/mol. The van der Waals surface area contributed by atoms with Gasteiger partial charge in [-0.2, -0.15) is 0 Å². The van der Waals surface area contributed by atoms with E-state index >= 15 is 0 Å². The molecule has 5 rings (SSSR count). The lowest BCUT2D eigenvalue weighted by atomic mass is 10.2. The first-order valence-electron chi connectivity index (χ1n) is 11.4. The summed E-state index contributed by atoms with van der Waals surface area (Å²) in [5, 5.41) is 11.6. The van der Waals surface area contributed by atoms with Gasteiger partial charge >= 0.3 is 11.7 Å². The number of thioether (sulfide) groups is 1. The number of amides is 1. The molecule has 0 atom stereocenters. The summed E-state index contributed by atoms with van der Waals surface area (Å²) in [5.41, 5.74) is 0.519. The summed E-state index contributed by atoms with van der Waals surface area (Å²) in [5.74, 6) is -1.18. The van der Waals surface area contributed by atoms with Gasteiger partial charge < -0.3 is 10.1 Å². The van der Waals surface area contributed by atoms with E-state index in [4.69, 9.17) is 4.74 Å². The van der Waals surface area contributed by atoms with E-state index in [2.05, 4.69) is 20.5 Å². The fourth-order valence-electron chi connectivity index (χ4n) is 4.06. The lowest BCUT2D eigenvalue weighted by molar-refractivity contribution is -0.113. The fraction of sp³-hybridized carbons (Fsp3) is 0.261. The van der Waals surface area contributed by atoms with Gasteiger partial charge in [-0.05, 0) is 24.6 Å². The molecule has 0 aliphatic rings. The highest BCUT2D eigenvalue weighted by Crippen LogP contribution is 2.26. The topological polar surface area (TPSA) is 147 Å². The van der Waals surface area contributed by atoms with Crippen LogP contribution in [-0.2, 0) is 30.2 Å². The van der Waals surface area contributed by atoms with E-state index in [0.717, 1.165) is 27.7 Å². The summed E-state index contributed by atoms with van der Waals surface area (Å²) in [7, 11) is 4.17. The number of carbonyl (C=O) groups excluding carboxylic acids is 2. The number of carbonyl (C=O) groups is 2. The summed E-state index contributed by atoms with van der Waals surface area (Å²) in [6.45, 7) is 1.80. The number of halogens is 1. The van der Waals surface area contributed by atoms with Gasteiger partial charge in [0.1, 0.15) is 10.7 Å². The molecule has 0 bridgehead atoms. The number of methoxy groups -OCH3 is 1. The van der Waals surface area contributed by atoms with Gasteiger partial charge in [-0.15, -0.1) is 10.2 Å². The predicted molar refractivity (Wildman–Crippen MR) is 142 cm³/mol. The molecule has 0 radical (unpaired) electrons. The van der Waals surface area contributed by atoms with Crippen molar-refractivity contribution in [1.82, 2.24) is 33.3 Å². The highest BCUT2D eigenvalue weighted by atomic mass is 32.2. The highest BCUT2D eigenvalue weighted by molar-refractivity contribution is 7.99. The smallest absolute Gasteiger partial charge is 0.350 e. The minimum Gasteiger partial charge on any atom is -0.465 e. The first-order chi connectivity index (χ1) is 18.6. The molecule has 16 heteroatoms. The quantitative estimate of drug-likeness (QED) is 0.227. The Morgan fingerprint density at radius 2 is 1.85 bits per heavy atom. The van der Waals surface area contributed by atoms with Crippen LogP contribution in [0.25, 0.3) is 16.9 Å². The molecule has 0 aliphatic carbocycles. The number of ether oxygens (including phenoxy) is 1. The van der Waals surface area contributed by atoms with Gasteiger partial charge in [0.25, 0.3) is 5.56 Å². The molecule has 0 spiro atoms. The van der Waals surface area contributed by atoms with Gasteiger partial charge in [0.2, 0.25) is 11.7 Å². The summed E-state index contributed by atoms with van der Waals surface area (Å²) < 4.78 is 23.6. The van der Waals surface area contributed by atoms with Crippen LogP contribution in [0.1, 0.15) is 20.9 Å². The third-order valence-corrected chi connectivity index (χ3v) is 7.93. The Kier molecular flexibility index (Phi) is 6.82. The molecule has 39 heavy (non-hydrogen) atoms. The van der Waals surface area contributed by atoms with Crippen molar-refractivity contribution in [1.29, 1.82) is 0 Å². The molecule has 0 fully saturated rings. The second kappa shape index (κ2) is 10.1. The molecule has 0 unspecified atom stereocenters. The zero-order valence-corrected chi connectivity index (χ0v) is 22.7.